The number of hydrogen-bond acceptors (Lipinski definition) is 6. The van der Waals surface area contributed by atoms with E-state index in [1.807, 2.05) is 26.0 Å². The van der Waals surface area contributed by atoms with Gasteiger partial charge in [0.1, 0.15) is 17.8 Å². The number of allylic oxidation sites excluding steroid dienone is 3. The van der Waals surface area contributed by atoms with Crippen molar-refractivity contribution in [2.24, 2.45) is 5.92 Å². The van der Waals surface area contributed by atoms with Crippen LogP contribution in [0.5, 0.6) is 5.75 Å². The zero-order valence-corrected chi connectivity index (χ0v) is 21.1. The van der Waals surface area contributed by atoms with E-state index in [9.17, 15) is 19.5 Å². The van der Waals surface area contributed by atoms with E-state index >= 15 is 0 Å². The fourth-order valence-electron chi connectivity index (χ4n) is 4.33. The molecule has 35 heavy (non-hydrogen) atoms. The summed E-state index contributed by atoms with van der Waals surface area (Å²) in [5, 5.41) is 10.3. The highest BCUT2D eigenvalue weighted by atomic mass is 16.6. The van der Waals surface area contributed by atoms with Gasteiger partial charge in [0.05, 0.1) is 11.1 Å². The highest BCUT2D eigenvalue weighted by Crippen LogP contribution is 2.38. The van der Waals surface area contributed by atoms with Crippen LogP contribution in [0, 0.1) is 12.8 Å². The molecule has 0 saturated carbocycles. The second-order valence-corrected chi connectivity index (χ2v) is 9.52. The van der Waals surface area contributed by atoms with Crippen molar-refractivity contribution in [3.63, 3.8) is 0 Å². The zero-order valence-electron chi connectivity index (χ0n) is 21.1. The van der Waals surface area contributed by atoms with E-state index < -0.39 is 23.1 Å². The Labute approximate surface area is 207 Å². The Bertz CT molecular complexity index is 1130. The Morgan fingerprint density at radius 1 is 1.20 bits per heavy atom. The van der Waals surface area contributed by atoms with E-state index in [-0.39, 0.29) is 17.2 Å². The molecular weight excluding hydrogens is 444 g/mol. The standard InChI is InChI=1S/C29H34O6/c1-6-7-8-9-11-18(2)14-20(4)28(33)35-29(5)25(31)16-21-15-24(34-17-22(21)27(29)32)26-19(3)12-10-13-23(26)30/h10,12-18,30H,6-9,11H2,1-5H3/b20-14+. The van der Waals surface area contributed by atoms with Gasteiger partial charge in [-0.05, 0) is 62.5 Å². The van der Waals surface area contributed by atoms with Crippen LogP contribution < -0.4 is 0 Å². The molecule has 6 nitrogen and oxygen atoms in total. The van der Waals surface area contributed by atoms with Crippen LogP contribution in [0.25, 0.3) is 5.76 Å². The Kier molecular flexibility index (Phi) is 8.15. The van der Waals surface area contributed by atoms with Crippen molar-refractivity contribution < 1.29 is 29.0 Å². The third-order valence-corrected chi connectivity index (χ3v) is 6.50. The minimum atomic E-state index is -1.97. The minimum Gasteiger partial charge on any atom is -0.507 e. The van der Waals surface area contributed by atoms with Crippen LogP contribution in [-0.2, 0) is 23.9 Å². The topological polar surface area (TPSA) is 89.9 Å². The molecule has 1 aliphatic heterocycles. The molecular formula is C29H34O6. The molecule has 1 aromatic carbocycles. The number of ether oxygens (including phenoxy) is 2. The fourth-order valence-corrected chi connectivity index (χ4v) is 4.33. The third-order valence-electron chi connectivity index (χ3n) is 6.50. The van der Waals surface area contributed by atoms with E-state index in [1.165, 1.54) is 38.2 Å². The molecule has 0 amide bonds. The number of benzene rings is 1. The van der Waals surface area contributed by atoms with Gasteiger partial charge in [0.25, 0.3) is 0 Å². The Balaban J connectivity index is 1.78. The van der Waals surface area contributed by atoms with Crippen molar-refractivity contribution in [3.05, 3.63) is 70.5 Å². The van der Waals surface area contributed by atoms with E-state index in [2.05, 4.69) is 6.92 Å². The molecule has 0 saturated heterocycles. The van der Waals surface area contributed by atoms with Crippen molar-refractivity contribution in [1.29, 1.82) is 0 Å². The molecule has 186 valence electrons. The first-order valence-electron chi connectivity index (χ1n) is 12.2. The van der Waals surface area contributed by atoms with Crippen LogP contribution in [0.1, 0.15) is 70.9 Å². The molecule has 0 aromatic heterocycles. The van der Waals surface area contributed by atoms with Crippen LogP contribution >= 0.6 is 0 Å². The first-order valence-corrected chi connectivity index (χ1v) is 12.2. The second-order valence-electron chi connectivity index (χ2n) is 9.52. The third kappa shape index (κ3) is 5.64. The van der Waals surface area contributed by atoms with Gasteiger partial charge >= 0.3 is 5.97 Å². The number of Topliss-reactive ketones (excluding diaryl/α,β-unsaturated/α-hetero) is 1. The molecule has 1 aromatic rings. The molecule has 6 heteroatoms. The molecule has 0 bridgehead atoms. The zero-order chi connectivity index (χ0) is 25.8. The number of ketones is 2. The number of carbonyl (C=O) groups is 3. The van der Waals surface area contributed by atoms with Crippen molar-refractivity contribution >= 4 is 23.3 Å². The average Bonchev–Trinajstić information content (AvgIpc) is 2.80. The Morgan fingerprint density at radius 2 is 1.94 bits per heavy atom. The van der Waals surface area contributed by atoms with Gasteiger partial charge in [0.15, 0.2) is 0 Å². The molecule has 1 N–H and O–H groups in total. The van der Waals surface area contributed by atoms with Crippen LogP contribution in [0.15, 0.2) is 59.4 Å². The van der Waals surface area contributed by atoms with Crippen molar-refractivity contribution in [2.45, 2.75) is 72.3 Å². The summed E-state index contributed by atoms with van der Waals surface area (Å²) in [6.45, 7) is 8.98. The minimum absolute atomic E-state index is 0.0304. The lowest BCUT2D eigenvalue weighted by atomic mass is 9.80. The molecule has 1 aliphatic carbocycles. The SMILES string of the molecule is CCCCCCC(C)/C=C(\C)C(=O)OC1(C)C(=O)C=C2C=C(c3c(C)cccc3O)OC=C2C1=O. The number of esters is 1. The lowest BCUT2D eigenvalue weighted by Gasteiger charge is -2.31. The van der Waals surface area contributed by atoms with Gasteiger partial charge in [-0.25, -0.2) is 4.79 Å². The first kappa shape index (κ1) is 26.2. The molecule has 2 aliphatic rings. The number of carbonyl (C=O) groups excluding carboxylic acids is 3. The summed E-state index contributed by atoms with van der Waals surface area (Å²) < 4.78 is 11.2. The number of hydrogen-bond donors (Lipinski definition) is 1. The number of fused-ring (bicyclic) bond motifs is 1. The van der Waals surface area contributed by atoms with Crippen LogP contribution in [0.3, 0.4) is 0 Å². The van der Waals surface area contributed by atoms with Crippen molar-refractivity contribution in [3.8, 4) is 5.75 Å². The number of phenols is 1. The van der Waals surface area contributed by atoms with Gasteiger partial charge in [-0.2, -0.15) is 0 Å². The maximum Gasteiger partial charge on any atom is 0.334 e. The first-order chi connectivity index (χ1) is 16.6. The second kappa shape index (κ2) is 10.9. The monoisotopic (exact) mass is 478 g/mol. The van der Waals surface area contributed by atoms with Gasteiger partial charge in [-0.15, -0.1) is 0 Å². The Hall–Kier alpha value is -3.41. The van der Waals surface area contributed by atoms with E-state index in [1.54, 1.807) is 19.1 Å². The van der Waals surface area contributed by atoms with Crippen LogP contribution in [0.4, 0.5) is 0 Å². The molecule has 2 unspecified atom stereocenters. The predicted octanol–water partition coefficient (Wildman–Crippen LogP) is 5.89. The maximum absolute atomic E-state index is 13.3. The summed E-state index contributed by atoms with van der Waals surface area (Å²) in [5.41, 5.74) is 0.158. The van der Waals surface area contributed by atoms with Crippen molar-refractivity contribution in [2.75, 3.05) is 0 Å². The molecule has 1 heterocycles. The largest absolute Gasteiger partial charge is 0.507 e. The lowest BCUT2D eigenvalue weighted by Crippen LogP contribution is -2.50. The van der Waals surface area contributed by atoms with Gasteiger partial charge in [-0.1, -0.05) is 57.7 Å². The van der Waals surface area contributed by atoms with Gasteiger partial charge in [0.2, 0.25) is 17.2 Å². The van der Waals surface area contributed by atoms with Crippen LogP contribution in [-0.4, -0.2) is 28.2 Å². The molecule has 3 rings (SSSR count). The molecule has 0 spiro atoms. The number of phenolic OH excluding ortho intramolecular Hbond substituents is 1. The highest BCUT2D eigenvalue weighted by Gasteiger charge is 2.49. The quantitative estimate of drug-likeness (QED) is 0.206. The lowest BCUT2D eigenvalue weighted by molar-refractivity contribution is -0.165. The van der Waals surface area contributed by atoms with Gasteiger partial charge in [0, 0.05) is 5.57 Å². The number of aromatic hydroxyl groups is 1. The number of unbranched alkanes of at least 4 members (excludes halogenated alkanes) is 3. The van der Waals surface area contributed by atoms with Gasteiger partial charge < -0.3 is 14.6 Å². The van der Waals surface area contributed by atoms with Gasteiger partial charge in [-0.3, -0.25) is 9.59 Å². The summed E-state index contributed by atoms with van der Waals surface area (Å²) in [6, 6.07) is 5.08. The molecule has 0 radical (unpaired) electrons. The van der Waals surface area contributed by atoms with E-state index in [4.69, 9.17) is 9.47 Å². The molecule has 0 fully saturated rings. The van der Waals surface area contributed by atoms with E-state index in [0.29, 0.717) is 22.5 Å². The summed E-state index contributed by atoms with van der Waals surface area (Å²) >= 11 is 0. The Morgan fingerprint density at radius 3 is 2.63 bits per heavy atom. The van der Waals surface area contributed by atoms with Crippen molar-refractivity contribution in [1.82, 2.24) is 0 Å². The predicted molar refractivity (Wildman–Crippen MR) is 134 cm³/mol. The van der Waals surface area contributed by atoms with E-state index in [0.717, 1.165) is 24.8 Å². The average molecular weight is 479 g/mol. The summed E-state index contributed by atoms with van der Waals surface area (Å²) in [6.07, 6.45) is 11.5. The normalized spacial score (nSPS) is 20.8. The smallest absolute Gasteiger partial charge is 0.334 e. The molecule has 2 atom stereocenters. The maximum atomic E-state index is 13.3. The summed E-state index contributed by atoms with van der Waals surface area (Å²) in [5.74, 6) is -1.41. The summed E-state index contributed by atoms with van der Waals surface area (Å²) in [7, 11) is 0. The highest BCUT2D eigenvalue weighted by molar-refractivity contribution is 6.27. The number of aryl methyl sites for hydroxylation is 1. The fraction of sp³-hybridized carbons (Fsp3) is 0.414. The number of rotatable bonds is 9. The summed E-state index contributed by atoms with van der Waals surface area (Å²) in [4.78, 5) is 39.1. The van der Waals surface area contributed by atoms with Crippen LogP contribution in [0.2, 0.25) is 0 Å².